The first-order chi connectivity index (χ1) is 4.63. The number of hydrogen-bond donors (Lipinski definition) is 1. The Kier molecular flexibility index (Phi) is 10.00. The topological polar surface area (TPSA) is 20.2 Å². The zero-order valence-corrected chi connectivity index (χ0v) is 7.15. The van der Waals surface area contributed by atoms with Gasteiger partial charge in [-0.2, -0.15) is 0 Å². The van der Waals surface area contributed by atoms with E-state index in [9.17, 15) is 0 Å². The lowest BCUT2D eigenvalue weighted by Crippen LogP contribution is -1.65. The standard InChI is InChI=1S/C6H7ClO.C2H6/c1-5(7)3-4-6(2)8;1-2/h3-4,8H,1-2H2;1-2H3/b4-3-;. The van der Waals surface area contributed by atoms with Crippen LogP contribution >= 0.6 is 11.6 Å². The first-order valence-corrected chi connectivity index (χ1v) is 3.41. The van der Waals surface area contributed by atoms with Crippen molar-refractivity contribution in [3.05, 3.63) is 36.1 Å². The molecule has 2 heteroatoms. The molecule has 0 saturated carbocycles. The third kappa shape index (κ3) is 15.7. The van der Waals surface area contributed by atoms with Crippen LogP contribution in [0.25, 0.3) is 0 Å². The van der Waals surface area contributed by atoms with Crippen molar-refractivity contribution in [3.8, 4) is 0 Å². The Bertz CT molecular complexity index is 120. The SMILES string of the molecule is C=C(O)/C=C\C(=C)Cl.CC. The van der Waals surface area contributed by atoms with Crippen LogP contribution in [0, 0.1) is 0 Å². The van der Waals surface area contributed by atoms with Crippen LogP contribution in [0.15, 0.2) is 36.1 Å². The molecule has 0 saturated heterocycles. The van der Waals surface area contributed by atoms with Crippen LogP contribution in [0.4, 0.5) is 0 Å². The summed E-state index contributed by atoms with van der Waals surface area (Å²) in [6.45, 7) is 10.5. The molecule has 0 aliphatic rings. The first-order valence-electron chi connectivity index (χ1n) is 3.03. The molecule has 0 heterocycles. The van der Waals surface area contributed by atoms with Gasteiger partial charge in [-0.3, -0.25) is 0 Å². The van der Waals surface area contributed by atoms with E-state index in [0.717, 1.165) is 0 Å². The van der Waals surface area contributed by atoms with Gasteiger partial charge in [0.2, 0.25) is 0 Å². The second kappa shape index (κ2) is 8.31. The predicted octanol–water partition coefficient (Wildman–Crippen LogP) is 3.39. The molecule has 0 aromatic rings. The van der Waals surface area contributed by atoms with Crippen molar-refractivity contribution in [2.45, 2.75) is 13.8 Å². The van der Waals surface area contributed by atoms with Crippen LogP contribution in [0.2, 0.25) is 0 Å². The van der Waals surface area contributed by atoms with Gasteiger partial charge in [0, 0.05) is 5.03 Å². The Labute approximate surface area is 67.3 Å². The van der Waals surface area contributed by atoms with E-state index in [4.69, 9.17) is 16.7 Å². The van der Waals surface area contributed by atoms with E-state index in [0.29, 0.717) is 5.03 Å². The number of aliphatic hydroxyl groups excluding tert-OH is 1. The lowest BCUT2D eigenvalue weighted by Gasteiger charge is -1.82. The molecule has 0 amide bonds. The third-order valence-corrected chi connectivity index (χ3v) is 0.583. The lowest BCUT2D eigenvalue weighted by atomic mass is 10.4. The Morgan fingerprint density at radius 2 is 1.70 bits per heavy atom. The van der Waals surface area contributed by atoms with Crippen LogP contribution in [0.1, 0.15) is 13.8 Å². The van der Waals surface area contributed by atoms with Gasteiger partial charge in [-0.1, -0.05) is 38.6 Å². The number of halogens is 1. The second-order valence-electron chi connectivity index (χ2n) is 1.27. The first kappa shape index (κ1) is 12.0. The molecular weight excluding hydrogens is 148 g/mol. The highest BCUT2D eigenvalue weighted by molar-refractivity contribution is 6.30. The van der Waals surface area contributed by atoms with Gasteiger partial charge in [-0.15, -0.1) is 0 Å². The summed E-state index contributed by atoms with van der Waals surface area (Å²) >= 11 is 5.29. The van der Waals surface area contributed by atoms with E-state index >= 15 is 0 Å². The molecule has 0 rings (SSSR count). The maximum absolute atomic E-state index is 8.42. The van der Waals surface area contributed by atoms with Gasteiger partial charge in [0.25, 0.3) is 0 Å². The van der Waals surface area contributed by atoms with Crippen molar-refractivity contribution < 1.29 is 5.11 Å². The average Bonchev–Trinajstić information content (AvgIpc) is 1.89. The van der Waals surface area contributed by atoms with Gasteiger partial charge in [-0.25, -0.2) is 0 Å². The Balaban J connectivity index is 0. The zero-order chi connectivity index (χ0) is 8.57. The van der Waals surface area contributed by atoms with Crippen LogP contribution in [-0.4, -0.2) is 5.11 Å². The molecule has 0 atom stereocenters. The highest BCUT2D eigenvalue weighted by atomic mass is 35.5. The third-order valence-electron chi connectivity index (χ3n) is 0.457. The summed E-state index contributed by atoms with van der Waals surface area (Å²) in [5.41, 5.74) is 0. The minimum atomic E-state index is -0.0215. The van der Waals surface area contributed by atoms with Gasteiger partial charge < -0.3 is 5.11 Å². The Morgan fingerprint density at radius 3 is 1.80 bits per heavy atom. The zero-order valence-electron chi connectivity index (χ0n) is 6.39. The number of hydrogen-bond acceptors (Lipinski definition) is 1. The van der Waals surface area contributed by atoms with E-state index < -0.39 is 0 Å². The molecule has 0 unspecified atom stereocenters. The largest absolute Gasteiger partial charge is 0.509 e. The minimum Gasteiger partial charge on any atom is -0.509 e. The van der Waals surface area contributed by atoms with E-state index in [1.54, 1.807) is 0 Å². The Hall–Kier alpha value is -0.690. The molecule has 0 spiro atoms. The monoisotopic (exact) mass is 160 g/mol. The summed E-state index contributed by atoms with van der Waals surface area (Å²) in [6.07, 6.45) is 2.83. The molecule has 1 N–H and O–H groups in total. The molecule has 0 aromatic heterocycles. The maximum atomic E-state index is 8.42. The van der Waals surface area contributed by atoms with Crippen molar-refractivity contribution in [1.82, 2.24) is 0 Å². The molecule has 0 aliphatic heterocycles. The van der Waals surface area contributed by atoms with E-state index in [1.165, 1.54) is 12.2 Å². The smallest absolute Gasteiger partial charge is 0.108 e. The van der Waals surface area contributed by atoms with E-state index in [1.807, 2.05) is 13.8 Å². The summed E-state index contributed by atoms with van der Waals surface area (Å²) in [6, 6.07) is 0. The fourth-order valence-electron chi connectivity index (χ4n) is 0.187. The van der Waals surface area contributed by atoms with Crippen LogP contribution in [0.3, 0.4) is 0 Å². The summed E-state index contributed by atoms with van der Waals surface area (Å²) in [4.78, 5) is 0. The average molecular weight is 161 g/mol. The molecule has 0 radical (unpaired) electrons. The fourth-order valence-corrected chi connectivity index (χ4v) is 0.250. The summed E-state index contributed by atoms with van der Waals surface area (Å²) < 4.78 is 0. The van der Waals surface area contributed by atoms with Gasteiger partial charge in [0.1, 0.15) is 5.76 Å². The predicted molar refractivity (Wildman–Crippen MR) is 47.2 cm³/mol. The number of aliphatic hydroxyl groups is 1. The van der Waals surface area contributed by atoms with Gasteiger partial charge in [-0.05, 0) is 12.2 Å². The van der Waals surface area contributed by atoms with Gasteiger partial charge in [0.05, 0.1) is 0 Å². The highest BCUT2D eigenvalue weighted by Crippen LogP contribution is 1.98. The van der Waals surface area contributed by atoms with Crippen molar-refractivity contribution in [2.24, 2.45) is 0 Å². The van der Waals surface area contributed by atoms with Crippen molar-refractivity contribution in [3.63, 3.8) is 0 Å². The quantitative estimate of drug-likeness (QED) is 0.485. The molecule has 0 aromatic carbocycles. The fraction of sp³-hybridized carbons (Fsp3) is 0.250. The minimum absolute atomic E-state index is 0.0215. The summed E-state index contributed by atoms with van der Waals surface area (Å²) in [5, 5.41) is 8.80. The van der Waals surface area contributed by atoms with Crippen molar-refractivity contribution in [2.75, 3.05) is 0 Å². The molecule has 10 heavy (non-hydrogen) atoms. The van der Waals surface area contributed by atoms with Crippen LogP contribution in [-0.2, 0) is 0 Å². The van der Waals surface area contributed by atoms with Crippen molar-refractivity contribution >= 4 is 11.6 Å². The van der Waals surface area contributed by atoms with E-state index in [2.05, 4.69) is 13.2 Å². The molecule has 0 bridgehead atoms. The molecule has 1 nitrogen and oxygen atoms in total. The van der Waals surface area contributed by atoms with Gasteiger partial charge in [0.15, 0.2) is 0 Å². The molecule has 0 aliphatic carbocycles. The Morgan fingerprint density at radius 1 is 1.30 bits per heavy atom. The number of allylic oxidation sites excluding steroid dienone is 3. The maximum Gasteiger partial charge on any atom is 0.108 e. The summed E-state index contributed by atoms with van der Waals surface area (Å²) in [7, 11) is 0. The van der Waals surface area contributed by atoms with Crippen molar-refractivity contribution in [1.29, 1.82) is 0 Å². The normalized spacial score (nSPS) is 8.30. The van der Waals surface area contributed by atoms with Crippen LogP contribution < -0.4 is 0 Å². The van der Waals surface area contributed by atoms with E-state index in [-0.39, 0.29) is 5.76 Å². The molecule has 0 fully saturated rings. The molecular formula is C8H13ClO. The molecule has 58 valence electrons. The van der Waals surface area contributed by atoms with Gasteiger partial charge >= 0.3 is 0 Å². The number of rotatable bonds is 2. The lowest BCUT2D eigenvalue weighted by molar-refractivity contribution is 0.435. The van der Waals surface area contributed by atoms with Crippen LogP contribution in [0.5, 0.6) is 0 Å². The second-order valence-corrected chi connectivity index (χ2v) is 1.76. The summed E-state index contributed by atoms with van der Waals surface area (Å²) in [5.74, 6) is -0.0215. The highest BCUT2D eigenvalue weighted by Gasteiger charge is 1.76.